The quantitative estimate of drug-likeness (QED) is 0.0833. The number of carbonyl (C=O) groups excluding carboxylic acids is 6. The van der Waals surface area contributed by atoms with Crippen LogP contribution in [0.4, 0.5) is 20.1 Å². The molecule has 3 aliphatic heterocycles. The second-order valence-electron chi connectivity index (χ2n) is 30.4. The van der Waals surface area contributed by atoms with Crippen LogP contribution in [-0.2, 0) is 75.2 Å². The Hall–Kier alpha value is -6.36. The molecule has 0 aromatic heterocycles. The number of nitrogens with one attached hydrogen (secondary N) is 1. The maximum absolute atomic E-state index is 14.1. The highest BCUT2D eigenvalue weighted by atomic mass is 16.6. The minimum Gasteiger partial charge on any atom is -0.460 e. The fraction of sp³-hybridized carbons (Fsp3) is 0.657. The summed E-state index contributed by atoms with van der Waals surface area (Å²) >= 11 is 0. The van der Waals surface area contributed by atoms with Crippen molar-refractivity contribution >= 4 is 41.9 Å². The van der Waals surface area contributed by atoms with E-state index in [1.54, 1.807) is 14.7 Å². The summed E-state index contributed by atoms with van der Waals surface area (Å²) in [5, 5.41) is 3.68. The van der Waals surface area contributed by atoms with E-state index in [-0.39, 0.29) is 53.9 Å². The van der Waals surface area contributed by atoms with Gasteiger partial charge < -0.3 is 48.4 Å². The molecule has 3 saturated heterocycles. The minimum absolute atomic E-state index is 0.115. The molecular weight excluding hydrogens is 1100 g/mol. The van der Waals surface area contributed by atoms with Gasteiger partial charge in [-0.05, 0) is 221 Å². The van der Waals surface area contributed by atoms with Crippen molar-refractivity contribution in [3.05, 3.63) is 101 Å². The number of esters is 3. The number of hydrogen-bond donors (Lipinski definition) is 1. The summed E-state index contributed by atoms with van der Waals surface area (Å²) in [4.78, 5) is 89.3. The average molecular weight is 1210 g/mol. The highest BCUT2D eigenvalue weighted by Crippen LogP contribution is 2.35. The summed E-state index contributed by atoms with van der Waals surface area (Å²) < 4.78 is 35.3. The summed E-state index contributed by atoms with van der Waals surface area (Å²) in [6.45, 7) is 38.5. The number of likely N-dealkylation sites (tertiary alicyclic amines) is 3. The molecule has 0 unspecified atom stereocenters. The van der Waals surface area contributed by atoms with Gasteiger partial charge in [-0.25, -0.2) is 14.4 Å². The van der Waals surface area contributed by atoms with Crippen molar-refractivity contribution in [2.45, 2.75) is 210 Å². The van der Waals surface area contributed by atoms with Crippen molar-refractivity contribution in [1.29, 1.82) is 0 Å². The predicted octanol–water partition coefficient (Wildman–Crippen LogP) is 13.1. The first-order valence-corrected chi connectivity index (χ1v) is 31.6. The van der Waals surface area contributed by atoms with Crippen LogP contribution in [0.15, 0.2) is 72.8 Å². The van der Waals surface area contributed by atoms with E-state index < -0.39 is 51.4 Å². The number of anilines is 1. The number of carbonyl (C=O) groups is 6. The Kier molecular flexibility index (Phi) is 23.1. The summed E-state index contributed by atoms with van der Waals surface area (Å²) in [6.07, 6.45) is 2.11. The molecule has 1 N–H and O–H groups in total. The van der Waals surface area contributed by atoms with E-state index in [0.29, 0.717) is 104 Å². The number of benzene rings is 3. The Balaban J connectivity index is 1.25. The summed E-state index contributed by atoms with van der Waals surface area (Å²) in [6, 6.07) is 24.9. The fourth-order valence-electron chi connectivity index (χ4n) is 11.7. The lowest BCUT2D eigenvalue weighted by molar-refractivity contribution is -0.163. The molecule has 3 aromatic rings. The molecule has 6 atom stereocenters. The SMILES string of the molecule is CC(C)(C)OC(=O)[C@@H](Cc1cccc(CN(CCNc2cccc(C[C@H](C(=O)OC(C)(C)C)[C@H]3CCN(C(=O)OC(C)(C)C)C3)c2)Cc2cccc(C[C@H](C(=O)OC(C)(C)C)[C@H]3CCN(C(=O)OC(C)(C)C)C3)c2)c1)[C@H]1CCN(C(=O)OC(C)(C)C)C1. The van der Waals surface area contributed by atoms with Gasteiger partial charge in [-0.1, -0.05) is 60.7 Å². The van der Waals surface area contributed by atoms with Crippen LogP contribution in [0.3, 0.4) is 0 Å². The first kappa shape index (κ1) is 69.7. The monoisotopic (exact) mass is 1210 g/mol. The van der Waals surface area contributed by atoms with Crippen molar-refractivity contribution in [3.63, 3.8) is 0 Å². The third-order valence-corrected chi connectivity index (χ3v) is 15.3. The fourth-order valence-corrected chi connectivity index (χ4v) is 11.7. The lowest BCUT2D eigenvalue weighted by atomic mass is 9.85. The average Bonchev–Trinajstić information content (AvgIpc) is 3.91. The Morgan fingerprint density at radius 2 is 0.713 bits per heavy atom. The van der Waals surface area contributed by atoms with Gasteiger partial charge in [-0.15, -0.1) is 0 Å². The second kappa shape index (κ2) is 28.9. The number of amides is 3. The van der Waals surface area contributed by atoms with Crippen LogP contribution in [0.5, 0.6) is 0 Å². The maximum Gasteiger partial charge on any atom is 0.410 e. The second-order valence-corrected chi connectivity index (χ2v) is 30.4. The summed E-state index contributed by atoms with van der Waals surface area (Å²) in [5.74, 6) is -2.70. The van der Waals surface area contributed by atoms with Gasteiger partial charge in [0.05, 0.1) is 17.8 Å². The van der Waals surface area contributed by atoms with Crippen LogP contribution in [0.1, 0.15) is 172 Å². The zero-order chi connectivity index (χ0) is 64.5. The largest absolute Gasteiger partial charge is 0.460 e. The minimum atomic E-state index is -0.699. The zero-order valence-electron chi connectivity index (χ0n) is 55.9. The predicted molar refractivity (Wildman–Crippen MR) is 339 cm³/mol. The van der Waals surface area contributed by atoms with Gasteiger partial charge in [0.1, 0.15) is 33.6 Å². The topological polar surface area (TPSA) is 183 Å². The Labute approximate surface area is 520 Å². The lowest BCUT2D eigenvalue weighted by Crippen LogP contribution is -2.38. The smallest absolute Gasteiger partial charge is 0.410 e. The van der Waals surface area contributed by atoms with Gasteiger partial charge >= 0.3 is 36.2 Å². The molecule has 3 aromatic carbocycles. The van der Waals surface area contributed by atoms with Crippen LogP contribution >= 0.6 is 0 Å². The molecule has 0 aliphatic carbocycles. The van der Waals surface area contributed by atoms with Crippen molar-refractivity contribution in [3.8, 4) is 0 Å². The van der Waals surface area contributed by atoms with Gasteiger partial charge in [-0.2, -0.15) is 0 Å². The Bertz CT molecular complexity index is 2700. The molecule has 6 rings (SSSR count). The zero-order valence-corrected chi connectivity index (χ0v) is 55.9. The van der Waals surface area contributed by atoms with Crippen molar-refractivity contribution in [1.82, 2.24) is 19.6 Å². The first-order chi connectivity index (χ1) is 40.2. The van der Waals surface area contributed by atoms with Gasteiger partial charge in [-0.3, -0.25) is 19.3 Å². The molecule has 3 aliphatic rings. The molecular formula is C70H105N5O12. The molecule has 0 radical (unpaired) electrons. The Morgan fingerprint density at radius 3 is 1.02 bits per heavy atom. The van der Waals surface area contributed by atoms with Gasteiger partial charge in [0.15, 0.2) is 0 Å². The molecule has 0 spiro atoms. The van der Waals surface area contributed by atoms with Crippen molar-refractivity contribution in [2.75, 3.05) is 57.7 Å². The van der Waals surface area contributed by atoms with Crippen LogP contribution < -0.4 is 5.32 Å². The molecule has 3 amide bonds. The molecule has 482 valence electrons. The standard InChI is InChI=1S/C70H105N5O12/c1-65(2,3)82-59(76)56(52-28-32-73(44-52)62(79)85-68(10,11)12)39-47-22-19-25-50(36-47)42-72(43-51-26-20-23-48(37-51)40-57(60(77)83-66(4,5)6)53-29-33-74(45-53)63(80)86-69(13,14)15)35-31-71-55-27-21-24-49(38-55)41-58(61(78)84-67(7,8)9)54-30-34-75(46-54)64(81)87-70(16,17)18/h19-27,36-38,52-54,56-58,71H,28-35,39-46H2,1-18H3/t52-,53-,54-,56-,57-,58-/m0/s1. The van der Waals surface area contributed by atoms with E-state index in [0.717, 1.165) is 33.5 Å². The van der Waals surface area contributed by atoms with Crippen LogP contribution in [-0.4, -0.2) is 142 Å². The van der Waals surface area contributed by atoms with Crippen LogP contribution in [0.25, 0.3) is 0 Å². The molecule has 0 bridgehead atoms. The van der Waals surface area contributed by atoms with Crippen molar-refractivity contribution < 1.29 is 57.2 Å². The molecule has 87 heavy (non-hydrogen) atoms. The van der Waals surface area contributed by atoms with Crippen molar-refractivity contribution in [2.24, 2.45) is 35.5 Å². The summed E-state index contributed by atoms with van der Waals surface area (Å²) in [7, 11) is 0. The maximum atomic E-state index is 14.1. The van der Waals surface area contributed by atoms with Crippen LogP contribution in [0, 0.1) is 35.5 Å². The van der Waals surface area contributed by atoms with Gasteiger partial charge in [0.2, 0.25) is 0 Å². The van der Waals surface area contributed by atoms with Crippen LogP contribution in [0.2, 0.25) is 0 Å². The number of hydrogen-bond acceptors (Lipinski definition) is 14. The molecule has 3 heterocycles. The first-order valence-electron chi connectivity index (χ1n) is 31.6. The normalized spacial score (nSPS) is 18.9. The molecule has 3 fully saturated rings. The van der Waals surface area contributed by atoms with E-state index >= 15 is 0 Å². The van der Waals surface area contributed by atoms with E-state index in [1.807, 2.05) is 155 Å². The molecule has 17 heteroatoms. The van der Waals surface area contributed by atoms with E-state index in [9.17, 15) is 28.8 Å². The van der Waals surface area contributed by atoms with E-state index in [4.69, 9.17) is 28.4 Å². The molecule has 0 saturated carbocycles. The highest BCUT2D eigenvalue weighted by molar-refractivity contribution is 5.76. The van der Waals surface area contributed by atoms with E-state index in [2.05, 4.69) is 52.7 Å². The highest BCUT2D eigenvalue weighted by Gasteiger charge is 2.42. The van der Waals surface area contributed by atoms with Gasteiger partial charge in [0.25, 0.3) is 0 Å². The summed E-state index contributed by atoms with van der Waals surface area (Å²) in [5.41, 5.74) is 1.94. The number of nitrogens with zero attached hydrogens (tertiary/aromatic N) is 4. The number of ether oxygens (including phenoxy) is 6. The van der Waals surface area contributed by atoms with Gasteiger partial charge in [0, 0.05) is 71.1 Å². The number of rotatable bonds is 20. The van der Waals surface area contributed by atoms with E-state index in [1.165, 1.54) is 0 Å². The Morgan fingerprint density at radius 1 is 0.425 bits per heavy atom. The third-order valence-electron chi connectivity index (χ3n) is 15.3. The lowest BCUT2D eigenvalue weighted by Gasteiger charge is -2.29. The molecule has 17 nitrogen and oxygen atoms in total. The third kappa shape index (κ3) is 23.6.